The summed E-state index contributed by atoms with van der Waals surface area (Å²) in [5.74, 6) is -0.762. The van der Waals surface area contributed by atoms with E-state index in [0.29, 0.717) is 21.8 Å². The van der Waals surface area contributed by atoms with Gasteiger partial charge in [0.25, 0.3) is 5.69 Å². The first-order valence-corrected chi connectivity index (χ1v) is 8.04. The number of anilines is 1. The Morgan fingerprint density at radius 3 is 2.96 bits per heavy atom. The molecule has 0 fully saturated rings. The van der Waals surface area contributed by atoms with Gasteiger partial charge in [0.05, 0.1) is 0 Å². The quantitative estimate of drug-likeness (QED) is 0.585. The normalized spacial score (nSPS) is 10.6. The van der Waals surface area contributed by atoms with E-state index in [9.17, 15) is 14.4 Å². The smallest absolute Gasteiger partial charge is 0.323 e. The molecule has 0 radical (unpaired) electrons. The second-order valence-corrected chi connectivity index (χ2v) is 6.37. The van der Waals surface area contributed by atoms with E-state index in [1.54, 1.807) is 31.3 Å². The largest absolute Gasteiger partial charge is 0.618 e. The summed E-state index contributed by atoms with van der Waals surface area (Å²) in [4.78, 5) is 17.1. The summed E-state index contributed by atoms with van der Waals surface area (Å²) in [5.41, 5.74) is 1.43. The third kappa shape index (κ3) is 3.57. The maximum atomic E-state index is 13.6. The Labute approximate surface area is 142 Å². The van der Waals surface area contributed by atoms with Crippen LogP contribution >= 0.6 is 11.3 Å². The number of benzene rings is 1. The zero-order chi connectivity index (χ0) is 17.1. The van der Waals surface area contributed by atoms with Gasteiger partial charge in [-0.25, -0.2) is 9.37 Å². The predicted octanol–water partition coefficient (Wildman–Crippen LogP) is 3.07. The van der Waals surface area contributed by atoms with Crippen LogP contribution in [0.15, 0.2) is 48.8 Å². The standard InChI is InChI=1S/C17H14FN3O2S/c1-11-5-6-12(9-14(11)18)8-13-10-19-17(24-13)20-16(22)15-4-2-3-7-21(15)23/h2-7,9-10H,8H2,1H3,(H,19,20,22). The molecule has 1 amide bonds. The molecule has 0 spiro atoms. The summed E-state index contributed by atoms with van der Waals surface area (Å²) < 4.78 is 14.1. The van der Waals surface area contributed by atoms with Gasteiger partial charge in [0.2, 0.25) is 0 Å². The van der Waals surface area contributed by atoms with Gasteiger partial charge in [-0.2, -0.15) is 4.73 Å². The molecule has 2 aromatic heterocycles. The van der Waals surface area contributed by atoms with Gasteiger partial charge in [-0.05, 0) is 30.2 Å². The summed E-state index contributed by atoms with van der Waals surface area (Å²) in [6.07, 6.45) is 3.42. The maximum absolute atomic E-state index is 13.6. The zero-order valence-electron chi connectivity index (χ0n) is 12.8. The van der Waals surface area contributed by atoms with Gasteiger partial charge in [0.15, 0.2) is 11.3 Å². The van der Waals surface area contributed by atoms with Crippen molar-refractivity contribution in [2.75, 3.05) is 5.32 Å². The first kappa shape index (κ1) is 16.1. The predicted molar refractivity (Wildman–Crippen MR) is 89.4 cm³/mol. The van der Waals surface area contributed by atoms with E-state index in [4.69, 9.17) is 0 Å². The highest BCUT2D eigenvalue weighted by atomic mass is 32.1. The van der Waals surface area contributed by atoms with Crippen LogP contribution in [0.5, 0.6) is 0 Å². The minimum absolute atomic E-state index is 0.00476. The van der Waals surface area contributed by atoms with Gasteiger partial charge in [-0.1, -0.05) is 12.1 Å². The number of nitrogens with one attached hydrogen (secondary N) is 1. The minimum Gasteiger partial charge on any atom is -0.618 e. The van der Waals surface area contributed by atoms with Crippen LogP contribution in [0.4, 0.5) is 9.52 Å². The third-order valence-corrected chi connectivity index (χ3v) is 4.36. The van der Waals surface area contributed by atoms with Crippen LogP contribution in [0.25, 0.3) is 0 Å². The lowest BCUT2D eigenvalue weighted by Gasteiger charge is -2.03. The molecule has 24 heavy (non-hydrogen) atoms. The average molecular weight is 343 g/mol. The summed E-state index contributed by atoms with van der Waals surface area (Å²) in [5, 5.41) is 14.6. The van der Waals surface area contributed by atoms with Gasteiger partial charge in [-0.3, -0.25) is 10.1 Å². The lowest BCUT2D eigenvalue weighted by molar-refractivity contribution is -0.607. The number of aryl methyl sites for hydroxylation is 1. The van der Waals surface area contributed by atoms with Crippen molar-refractivity contribution >= 4 is 22.4 Å². The Hall–Kier alpha value is -2.80. The molecule has 3 rings (SSSR count). The number of rotatable bonds is 4. The Kier molecular flexibility index (Phi) is 4.52. The molecular formula is C17H14FN3O2S. The number of nitrogens with zero attached hydrogens (tertiary/aromatic N) is 2. The molecule has 1 aromatic carbocycles. The lowest BCUT2D eigenvalue weighted by Crippen LogP contribution is -2.36. The highest BCUT2D eigenvalue weighted by Gasteiger charge is 2.16. The molecule has 0 aliphatic rings. The lowest BCUT2D eigenvalue weighted by atomic mass is 10.1. The average Bonchev–Trinajstić information content (AvgIpc) is 2.98. The molecule has 0 atom stereocenters. The van der Waals surface area contributed by atoms with E-state index in [1.165, 1.54) is 29.7 Å². The summed E-state index contributed by atoms with van der Waals surface area (Å²) in [7, 11) is 0. The zero-order valence-corrected chi connectivity index (χ0v) is 13.6. The van der Waals surface area contributed by atoms with Crippen LogP contribution in [-0.4, -0.2) is 10.9 Å². The van der Waals surface area contributed by atoms with Crippen LogP contribution in [0.2, 0.25) is 0 Å². The van der Waals surface area contributed by atoms with Crippen molar-refractivity contribution in [2.45, 2.75) is 13.3 Å². The number of pyridine rings is 1. The van der Waals surface area contributed by atoms with E-state index in [2.05, 4.69) is 10.3 Å². The van der Waals surface area contributed by atoms with Crippen LogP contribution in [0.3, 0.4) is 0 Å². The first-order chi connectivity index (χ1) is 11.5. The summed E-state index contributed by atoms with van der Waals surface area (Å²) in [6, 6.07) is 9.69. The number of halogens is 1. The molecule has 122 valence electrons. The first-order valence-electron chi connectivity index (χ1n) is 7.22. The van der Waals surface area contributed by atoms with Gasteiger partial charge < -0.3 is 5.21 Å². The molecular weight excluding hydrogens is 329 g/mol. The fourth-order valence-corrected chi connectivity index (χ4v) is 3.00. The molecule has 0 saturated heterocycles. The molecule has 5 nitrogen and oxygen atoms in total. The molecule has 0 bridgehead atoms. The number of thiazole rings is 1. The molecule has 0 saturated carbocycles. The van der Waals surface area contributed by atoms with Crippen molar-refractivity contribution in [3.8, 4) is 0 Å². The van der Waals surface area contributed by atoms with Crippen LogP contribution in [0, 0.1) is 17.9 Å². The van der Waals surface area contributed by atoms with Crippen molar-refractivity contribution in [2.24, 2.45) is 0 Å². The minimum atomic E-state index is -0.520. The number of amides is 1. The van der Waals surface area contributed by atoms with E-state index in [0.717, 1.165) is 10.4 Å². The Balaban J connectivity index is 1.70. The van der Waals surface area contributed by atoms with Gasteiger partial charge in [0.1, 0.15) is 5.82 Å². The number of hydrogen-bond acceptors (Lipinski definition) is 4. The van der Waals surface area contributed by atoms with E-state index < -0.39 is 5.91 Å². The maximum Gasteiger partial charge on any atom is 0.323 e. The summed E-state index contributed by atoms with van der Waals surface area (Å²) >= 11 is 1.29. The molecule has 1 N–H and O–H groups in total. The van der Waals surface area contributed by atoms with E-state index in [-0.39, 0.29) is 11.5 Å². The Morgan fingerprint density at radius 1 is 1.38 bits per heavy atom. The number of aromatic nitrogens is 2. The van der Waals surface area contributed by atoms with E-state index in [1.807, 2.05) is 6.07 Å². The second kappa shape index (κ2) is 6.76. The van der Waals surface area contributed by atoms with Crippen molar-refractivity contribution in [1.29, 1.82) is 0 Å². The second-order valence-electron chi connectivity index (χ2n) is 5.26. The Bertz CT molecular complexity index is 895. The van der Waals surface area contributed by atoms with Gasteiger partial charge in [-0.15, -0.1) is 11.3 Å². The summed E-state index contributed by atoms with van der Waals surface area (Å²) in [6.45, 7) is 1.71. The van der Waals surface area contributed by atoms with Crippen LogP contribution < -0.4 is 10.0 Å². The molecule has 0 aliphatic carbocycles. The van der Waals surface area contributed by atoms with Crippen molar-refractivity contribution in [3.63, 3.8) is 0 Å². The van der Waals surface area contributed by atoms with E-state index >= 15 is 0 Å². The fraction of sp³-hybridized carbons (Fsp3) is 0.118. The third-order valence-electron chi connectivity index (χ3n) is 3.45. The molecule has 2 heterocycles. The van der Waals surface area contributed by atoms with Gasteiger partial charge in [0, 0.05) is 29.6 Å². The van der Waals surface area contributed by atoms with Crippen molar-refractivity contribution in [3.05, 3.63) is 81.5 Å². The highest BCUT2D eigenvalue weighted by Crippen LogP contribution is 2.22. The molecule has 7 heteroatoms. The van der Waals surface area contributed by atoms with Crippen molar-refractivity contribution < 1.29 is 13.9 Å². The van der Waals surface area contributed by atoms with Crippen molar-refractivity contribution in [1.82, 2.24) is 4.98 Å². The molecule has 0 aliphatic heterocycles. The fourth-order valence-electron chi connectivity index (χ4n) is 2.16. The number of carbonyl (C=O) groups excluding carboxylic acids is 1. The SMILES string of the molecule is Cc1ccc(Cc2cnc(NC(=O)c3cccc[n+]3[O-])s2)cc1F. The number of carbonyl (C=O) groups is 1. The topological polar surface area (TPSA) is 68.9 Å². The van der Waals surface area contributed by atoms with Crippen LogP contribution in [-0.2, 0) is 6.42 Å². The van der Waals surface area contributed by atoms with Crippen LogP contribution in [0.1, 0.15) is 26.5 Å². The molecule has 0 unspecified atom stereocenters. The highest BCUT2D eigenvalue weighted by molar-refractivity contribution is 7.15. The Morgan fingerprint density at radius 2 is 2.21 bits per heavy atom. The monoisotopic (exact) mass is 343 g/mol. The van der Waals surface area contributed by atoms with Gasteiger partial charge >= 0.3 is 5.91 Å². The number of hydrogen-bond donors (Lipinski definition) is 1. The molecule has 3 aromatic rings.